The molecule has 1 unspecified atom stereocenters. The zero-order valence-corrected chi connectivity index (χ0v) is 14.2. The van der Waals surface area contributed by atoms with Gasteiger partial charge in [-0.25, -0.2) is 0 Å². The topological polar surface area (TPSA) is 21.7 Å². The van der Waals surface area contributed by atoms with Crippen LogP contribution < -0.4 is 9.47 Å². The van der Waals surface area contributed by atoms with Crippen molar-refractivity contribution in [3.8, 4) is 11.5 Å². The second-order valence-electron chi connectivity index (χ2n) is 6.23. The lowest BCUT2D eigenvalue weighted by atomic mass is 10.0. The Balaban J connectivity index is 1.79. The van der Waals surface area contributed by atoms with Gasteiger partial charge in [-0.3, -0.25) is 4.90 Å². The third kappa shape index (κ3) is 3.50. The van der Waals surface area contributed by atoms with Gasteiger partial charge in [0.05, 0.1) is 14.2 Å². The Kier molecular flexibility index (Phi) is 4.87. The van der Waals surface area contributed by atoms with E-state index in [2.05, 4.69) is 48.2 Å². The van der Waals surface area contributed by atoms with E-state index < -0.39 is 0 Å². The highest BCUT2D eigenvalue weighted by molar-refractivity contribution is 5.44. The molecule has 122 valence electrons. The fourth-order valence-corrected chi connectivity index (χ4v) is 3.38. The van der Waals surface area contributed by atoms with E-state index in [-0.39, 0.29) is 0 Å². The molecule has 0 spiro atoms. The van der Waals surface area contributed by atoms with Crippen LogP contribution in [0, 0.1) is 6.92 Å². The van der Waals surface area contributed by atoms with Crippen LogP contribution in [0.4, 0.5) is 0 Å². The first-order valence-electron chi connectivity index (χ1n) is 8.23. The Labute approximate surface area is 138 Å². The summed E-state index contributed by atoms with van der Waals surface area (Å²) in [5, 5.41) is 0. The zero-order chi connectivity index (χ0) is 16.2. The van der Waals surface area contributed by atoms with Crippen molar-refractivity contribution in [1.82, 2.24) is 4.90 Å². The van der Waals surface area contributed by atoms with Crippen LogP contribution in [0.5, 0.6) is 11.5 Å². The molecule has 1 saturated heterocycles. The molecule has 0 aliphatic carbocycles. The van der Waals surface area contributed by atoms with Gasteiger partial charge < -0.3 is 9.47 Å². The highest BCUT2D eigenvalue weighted by Crippen LogP contribution is 2.37. The van der Waals surface area contributed by atoms with E-state index in [1.54, 1.807) is 14.2 Å². The molecule has 2 aromatic rings. The molecule has 0 radical (unpaired) electrons. The average molecular weight is 311 g/mol. The van der Waals surface area contributed by atoms with E-state index in [4.69, 9.17) is 9.47 Å². The standard InChI is InChI=1S/C20H25NO2/c1-15-6-8-16(9-7-15)14-21-12-4-5-18(21)17-10-11-19(22-2)20(13-17)23-3/h6-11,13,18H,4-5,12,14H2,1-3H3. The first-order chi connectivity index (χ1) is 11.2. The quantitative estimate of drug-likeness (QED) is 0.819. The van der Waals surface area contributed by atoms with Crippen LogP contribution in [-0.2, 0) is 6.54 Å². The van der Waals surface area contributed by atoms with Gasteiger partial charge in [0.1, 0.15) is 0 Å². The summed E-state index contributed by atoms with van der Waals surface area (Å²) in [5.74, 6) is 1.60. The summed E-state index contributed by atoms with van der Waals surface area (Å²) in [6, 6.07) is 15.6. The van der Waals surface area contributed by atoms with E-state index in [1.165, 1.54) is 29.5 Å². The van der Waals surface area contributed by atoms with E-state index in [0.717, 1.165) is 24.6 Å². The third-order valence-electron chi connectivity index (χ3n) is 4.66. The first-order valence-corrected chi connectivity index (χ1v) is 8.23. The number of hydrogen-bond donors (Lipinski definition) is 0. The summed E-state index contributed by atoms with van der Waals surface area (Å²) >= 11 is 0. The maximum atomic E-state index is 5.46. The fourth-order valence-electron chi connectivity index (χ4n) is 3.38. The van der Waals surface area contributed by atoms with E-state index >= 15 is 0 Å². The van der Waals surface area contributed by atoms with Crippen LogP contribution in [0.1, 0.15) is 35.6 Å². The lowest BCUT2D eigenvalue weighted by molar-refractivity contribution is 0.247. The Bertz CT molecular complexity index is 651. The van der Waals surface area contributed by atoms with E-state index in [1.807, 2.05) is 6.07 Å². The molecule has 23 heavy (non-hydrogen) atoms. The number of ether oxygens (including phenoxy) is 2. The lowest BCUT2D eigenvalue weighted by Crippen LogP contribution is -2.22. The number of methoxy groups -OCH3 is 2. The van der Waals surface area contributed by atoms with Crippen LogP contribution in [0.2, 0.25) is 0 Å². The Morgan fingerprint density at radius 2 is 1.74 bits per heavy atom. The van der Waals surface area contributed by atoms with Gasteiger partial charge in [0.15, 0.2) is 11.5 Å². The van der Waals surface area contributed by atoms with Crippen molar-refractivity contribution in [3.05, 3.63) is 59.2 Å². The van der Waals surface area contributed by atoms with Crippen molar-refractivity contribution < 1.29 is 9.47 Å². The predicted octanol–water partition coefficient (Wildman–Crippen LogP) is 4.35. The molecule has 1 atom stereocenters. The highest BCUT2D eigenvalue weighted by atomic mass is 16.5. The van der Waals surface area contributed by atoms with E-state index in [9.17, 15) is 0 Å². The van der Waals surface area contributed by atoms with Gasteiger partial charge in [-0.15, -0.1) is 0 Å². The molecule has 0 bridgehead atoms. The molecule has 0 amide bonds. The molecule has 1 fully saturated rings. The summed E-state index contributed by atoms with van der Waals surface area (Å²) in [5.41, 5.74) is 4.00. The third-order valence-corrected chi connectivity index (χ3v) is 4.66. The van der Waals surface area contributed by atoms with Gasteiger partial charge in [0.2, 0.25) is 0 Å². The molecule has 1 heterocycles. The molecule has 3 nitrogen and oxygen atoms in total. The Morgan fingerprint density at radius 1 is 1.00 bits per heavy atom. The highest BCUT2D eigenvalue weighted by Gasteiger charge is 2.26. The van der Waals surface area contributed by atoms with Crippen molar-refractivity contribution >= 4 is 0 Å². The number of aryl methyl sites for hydroxylation is 1. The molecule has 3 rings (SSSR count). The van der Waals surface area contributed by atoms with Crippen LogP contribution in [0.15, 0.2) is 42.5 Å². The van der Waals surface area contributed by atoms with Gasteiger partial charge in [-0.05, 0) is 49.6 Å². The lowest BCUT2D eigenvalue weighted by Gasteiger charge is -2.25. The molecule has 0 N–H and O–H groups in total. The number of likely N-dealkylation sites (tertiary alicyclic amines) is 1. The SMILES string of the molecule is COc1ccc(C2CCCN2Cc2ccc(C)cc2)cc1OC. The summed E-state index contributed by atoms with van der Waals surface area (Å²) in [4.78, 5) is 2.56. The molecular weight excluding hydrogens is 286 g/mol. The minimum atomic E-state index is 0.455. The van der Waals surface area contributed by atoms with Crippen LogP contribution in [0.25, 0.3) is 0 Å². The van der Waals surface area contributed by atoms with Gasteiger partial charge in [0.25, 0.3) is 0 Å². The smallest absolute Gasteiger partial charge is 0.161 e. The van der Waals surface area contributed by atoms with Crippen LogP contribution in [0.3, 0.4) is 0 Å². The number of nitrogens with zero attached hydrogens (tertiary/aromatic N) is 1. The van der Waals surface area contributed by atoms with Crippen molar-refractivity contribution in [2.45, 2.75) is 32.4 Å². The molecule has 2 aromatic carbocycles. The second-order valence-corrected chi connectivity index (χ2v) is 6.23. The first kappa shape index (κ1) is 15.9. The van der Waals surface area contributed by atoms with Gasteiger partial charge in [0, 0.05) is 12.6 Å². The summed E-state index contributed by atoms with van der Waals surface area (Å²) in [6.45, 7) is 4.28. The number of hydrogen-bond acceptors (Lipinski definition) is 3. The van der Waals surface area contributed by atoms with Crippen LogP contribution in [-0.4, -0.2) is 25.7 Å². The second kappa shape index (κ2) is 7.05. The zero-order valence-electron chi connectivity index (χ0n) is 14.2. The summed E-state index contributed by atoms with van der Waals surface area (Å²) in [6.07, 6.45) is 2.44. The minimum absolute atomic E-state index is 0.455. The largest absolute Gasteiger partial charge is 0.493 e. The van der Waals surface area contributed by atoms with Gasteiger partial charge in [-0.1, -0.05) is 35.9 Å². The van der Waals surface area contributed by atoms with Crippen molar-refractivity contribution in [2.75, 3.05) is 20.8 Å². The maximum absolute atomic E-state index is 5.46. The average Bonchev–Trinajstić information content (AvgIpc) is 3.04. The van der Waals surface area contributed by atoms with E-state index in [0.29, 0.717) is 6.04 Å². The fraction of sp³-hybridized carbons (Fsp3) is 0.400. The molecule has 0 saturated carbocycles. The molecule has 1 aliphatic rings. The minimum Gasteiger partial charge on any atom is -0.493 e. The number of benzene rings is 2. The van der Waals surface area contributed by atoms with Gasteiger partial charge >= 0.3 is 0 Å². The molecule has 3 heteroatoms. The summed E-state index contributed by atoms with van der Waals surface area (Å²) in [7, 11) is 3.37. The van der Waals surface area contributed by atoms with Crippen molar-refractivity contribution in [1.29, 1.82) is 0 Å². The van der Waals surface area contributed by atoms with Crippen molar-refractivity contribution in [3.63, 3.8) is 0 Å². The van der Waals surface area contributed by atoms with Crippen molar-refractivity contribution in [2.24, 2.45) is 0 Å². The Morgan fingerprint density at radius 3 is 2.43 bits per heavy atom. The Hall–Kier alpha value is -2.00. The number of rotatable bonds is 5. The molecule has 0 aromatic heterocycles. The normalized spacial score (nSPS) is 18.1. The van der Waals surface area contributed by atoms with Crippen LogP contribution >= 0.6 is 0 Å². The summed E-state index contributed by atoms with van der Waals surface area (Å²) < 4.78 is 10.8. The van der Waals surface area contributed by atoms with Gasteiger partial charge in [-0.2, -0.15) is 0 Å². The predicted molar refractivity (Wildman–Crippen MR) is 93.1 cm³/mol. The molecular formula is C20H25NO2. The molecule has 1 aliphatic heterocycles. The monoisotopic (exact) mass is 311 g/mol. The maximum Gasteiger partial charge on any atom is 0.161 e.